The van der Waals surface area contributed by atoms with Gasteiger partial charge in [-0.25, -0.2) is 0 Å². The van der Waals surface area contributed by atoms with Crippen LogP contribution in [0.25, 0.3) is 0 Å². The molecular weight excluding hydrogens is 256 g/mol. The summed E-state index contributed by atoms with van der Waals surface area (Å²) >= 11 is 5.82. The Morgan fingerprint density at radius 2 is 2.00 bits per heavy atom. The Morgan fingerprint density at radius 1 is 1.39 bits per heavy atom. The van der Waals surface area contributed by atoms with E-state index in [0.717, 1.165) is 0 Å². The maximum Gasteiger partial charge on any atom is 0.323 e. The molecule has 0 bridgehead atoms. The van der Waals surface area contributed by atoms with Crippen LogP contribution >= 0.6 is 11.6 Å². The maximum atomic E-state index is 12.2. The number of benzene rings is 1. The van der Waals surface area contributed by atoms with Crippen molar-refractivity contribution in [3.8, 4) is 0 Å². The molecule has 0 saturated heterocycles. The average molecular weight is 271 g/mol. The largest absolute Gasteiger partial charge is 0.480 e. The summed E-state index contributed by atoms with van der Waals surface area (Å²) in [5, 5.41) is 9.14. The van der Waals surface area contributed by atoms with Crippen LogP contribution < -0.4 is 5.73 Å². The fourth-order valence-corrected chi connectivity index (χ4v) is 1.78. The van der Waals surface area contributed by atoms with E-state index in [1.807, 2.05) is 0 Å². The number of nitrogens with zero attached hydrogens (tertiary/aromatic N) is 1. The topological polar surface area (TPSA) is 83.6 Å². The van der Waals surface area contributed by atoms with Gasteiger partial charge in [-0.05, 0) is 32.0 Å². The highest BCUT2D eigenvalue weighted by molar-refractivity contribution is 6.31. The molecule has 0 heterocycles. The quantitative estimate of drug-likeness (QED) is 0.818. The number of carbonyl (C=O) groups excluding carboxylic acids is 1. The SMILES string of the molecule is CC(C)N(CC(=O)O)C(=O)c1cc(N)cc(Cl)c1. The summed E-state index contributed by atoms with van der Waals surface area (Å²) in [4.78, 5) is 24.2. The predicted octanol–water partition coefficient (Wildman–Crippen LogP) is 1.86. The van der Waals surface area contributed by atoms with Crippen molar-refractivity contribution in [2.75, 3.05) is 12.3 Å². The predicted molar refractivity (Wildman–Crippen MR) is 69.7 cm³/mol. The van der Waals surface area contributed by atoms with Gasteiger partial charge in [0.15, 0.2) is 0 Å². The molecule has 6 heteroatoms. The van der Waals surface area contributed by atoms with Crippen molar-refractivity contribution in [2.24, 2.45) is 0 Å². The number of nitrogens with two attached hydrogens (primary N) is 1. The molecule has 0 aromatic heterocycles. The fraction of sp³-hybridized carbons (Fsp3) is 0.333. The van der Waals surface area contributed by atoms with Crippen LogP contribution in [0.2, 0.25) is 5.02 Å². The lowest BCUT2D eigenvalue weighted by Crippen LogP contribution is -2.40. The third kappa shape index (κ3) is 3.63. The molecular formula is C12H15ClN2O3. The van der Waals surface area contributed by atoms with E-state index in [1.165, 1.54) is 23.1 Å². The molecule has 0 spiro atoms. The summed E-state index contributed by atoms with van der Waals surface area (Å²) < 4.78 is 0. The molecule has 3 N–H and O–H groups in total. The summed E-state index contributed by atoms with van der Waals surface area (Å²) in [5.41, 5.74) is 6.26. The lowest BCUT2D eigenvalue weighted by atomic mass is 10.1. The van der Waals surface area contributed by atoms with Gasteiger partial charge in [-0.3, -0.25) is 9.59 Å². The molecule has 5 nitrogen and oxygen atoms in total. The number of rotatable bonds is 4. The lowest BCUT2D eigenvalue weighted by Gasteiger charge is -2.25. The van der Waals surface area contributed by atoms with Crippen LogP contribution in [0.5, 0.6) is 0 Å². The molecule has 0 aliphatic carbocycles. The van der Waals surface area contributed by atoms with Crippen molar-refractivity contribution in [3.63, 3.8) is 0 Å². The van der Waals surface area contributed by atoms with Crippen molar-refractivity contribution < 1.29 is 14.7 Å². The normalized spacial score (nSPS) is 10.4. The molecule has 0 aliphatic heterocycles. The number of amides is 1. The Labute approximate surface area is 110 Å². The Bertz CT molecular complexity index is 454. The van der Waals surface area contributed by atoms with Gasteiger partial charge in [-0.2, -0.15) is 0 Å². The molecule has 18 heavy (non-hydrogen) atoms. The van der Waals surface area contributed by atoms with Gasteiger partial charge in [0, 0.05) is 22.3 Å². The molecule has 0 radical (unpaired) electrons. The number of carboxylic acids is 1. The molecule has 0 unspecified atom stereocenters. The number of carbonyl (C=O) groups is 2. The van der Waals surface area contributed by atoms with Crippen LogP contribution in [0.15, 0.2) is 18.2 Å². The zero-order valence-electron chi connectivity index (χ0n) is 10.2. The van der Waals surface area contributed by atoms with E-state index in [4.69, 9.17) is 22.4 Å². The number of aliphatic carboxylic acids is 1. The standard InChI is InChI=1S/C12H15ClN2O3/c1-7(2)15(6-11(16)17)12(18)8-3-9(13)5-10(14)4-8/h3-5,7H,6,14H2,1-2H3,(H,16,17). The lowest BCUT2D eigenvalue weighted by molar-refractivity contribution is -0.138. The molecule has 0 atom stereocenters. The van der Waals surface area contributed by atoms with Gasteiger partial charge in [0.25, 0.3) is 5.91 Å². The first-order valence-corrected chi connectivity index (χ1v) is 5.78. The zero-order valence-corrected chi connectivity index (χ0v) is 10.9. The molecule has 1 aromatic rings. The Kier molecular flexibility index (Phi) is 4.55. The van der Waals surface area contributed by atoms with Crippen LogP contribution in [0.4, 0.5) is 5.69 Å². The van der Waals surface area contributed by atoms with Gasteiger partial charge in [-0.1, -0.05) is 11.6 Å². The highest BCUT2D eigenvalue weighted by atomic mass is 35.5. The van der Waals surface area contributed by atoms with Crippen molar-refractivity contribution in [1.82, 2.24) is 4.90 Å². The third-order valence-corrected chi connectivity index (χ3v) is 2.58. The minimum atomic E-state index is -1.06. The van der Waals surface area contributed by atoms with E-state index in [2.05, 4.69) is 0 Å². The Hall–Kier alpha value is -1.75. The summed E-state index contributed by atoms with van der Waals surface area (Å²) in [6.07, 6.45) is 0. The number of hydrogen-bond donors (Lipinski definition) is 2. The van der Waals surface area contributed by atoms with Crippen LogP contribution in [0.3, 0.4) is 0 Å². The number of nitrogen functional groups attached to an aromatic ring is 1. The molecule has 1 rings (SSSR count). The highest BCUT2D eigenvalue weighted by Crippen LogP contribution is 2.18. The summed E-state index contributed by atoms with van der Waals surface area (Å²) in [7, 11) is 0. The Balaban J connectivity index is 3.05. The number of anilines is 1. The fourth-order valence-electron chi connectivity index (χ4n) is 1.54. The summed E-state index contributed by atoms with van der Waals surface area (Å²) in [6, 6.07) is 4.24. The van der Waals surface area contributed by atoms with Crippen LogP contribution in [0, 0.1) is 0 Å². The van der Waals surface area contributed by atoms with Gasteiger partial charge in [0.05, 0.1) is 0 Å². The van der Waals surface area contributed by atoms with E-state index in [9.17, 15) is 9.59 Å². The van der Waals surface area contributed by atoms with Crippen LogP contribution in [0.1, 0.15) is 24.2 Å². The van der Waals surface area contributed by atoms with Crippen molar-refractivity contribution in [1.29, 1.82) is 0 Å². The first kappa shape index (κ1) is 14.3. The summed E-state index contributed by atoms with van der Waals surface area (Å²) in [6.45, 7) is 3.13. The van der Waals surface area contributed by atoms with E-state index >= 15 is 0 Å². The highest BCUT2D eigenvalue weighted by Gasteiger charge is 2.21. The second kappa shape index (κ2) is 5.73. The summed E-state index contributed by atoms with van der Waals surface area (Å²) in [5.74, 6) is -1.46. The molecule has 1 aromatic carbocycles. The first-order valence-electron chi connectivity index (χ1n) is 5.40. The minimum Gasteiger partial charge on any atom is -0.480 e. The first-order chi connectivity index (χ1) is 8.31. The van der Waals surface area contributed by atoms with E-state index in [0.29, 0.717) is 10.7 Å². The van der Waals surface area contributed by atoms with Crippen molar-refractivity contribution >= 4 is 29.2 Å². The van der Waals surface area contributed by atoms with Crippen molar-refractivity contribution in [2.45, 2.75) is 19.9 Å². The van der Waals surface area contributed by atoms with Gasteiger partial charge in [-0.15, -0.1) is 0 Å². The van der Waals surface area contributed by atoms with Crippen molar-refractivity contribution in [3.05, 3.63) is 28.8 Å². The second-order valence-corrected chi connectivity index (χ2v) is 4.63. The van der Waals surface area contributed by atoms with Gasteiger partial charge in [0.1, 0.15) is 6.54 Å². The van der Waals surface area contributed by atoms with Gasteiger partial charge < -0.3 is 15.7 Å². The number of hydrogen-bond acceptors (Lipinski definition) is 3. The molecule has 0 aliphatic rings. The molecule has 0 fully saturated rings. The zero-order chi connectivity index (χ0) is 13.9. The second-order valence-electron chi connectivity index (χ2n) is 4.19. The maximum absolute atomic E-state index is 12.2. The van der Waals surface area contributed by atoms with E-state index in [1.54, 1.807) is 13.8 Å². The smallest absolute Gasteiger partial charge is 0.323 e. The number of carboxylic acid groups (broad SMARTS) is 1. The third-order valence-electron chi connectivity index (χ3n) is 2.36. The van der Waals surface area contributed by atoms with Gasteiger partial charge >= 0.3 is 5.97 Å². The van der Waals surface area contributed by atoms with E-state index < -0.39 is 11.9 Å². The Morgan fingerprint density at radius 3 is 2.44 bits per heavy atom. The van der Waals surface area contributed by atoms with E-state index in [-0.39, 0.29) is 18.2 Å². The molecule has 98 valence electrons. The average Bonchev–Trinajstić information content (AvgIpc) is 2.23. The van der Waals surface area contributed by atoms with Gasteiger partial charge in [0.2, 0.25) is 0 Å². The minimum absolute atomic E-state index is 0.228. The van der Waals surface area contributed by atoms with Crippen LogP contribution in [-0.2, 0) is 4.79 Å². The van der Waals surface area contributed by atoms with Crippen LogP contribution in [-0.4, -0.2) is 34.5 Å². The monoisotopic (exact) mass is 270 g/mol. The molecule has 0 saturated carbocycles. The number of halogens is 1. The molecule has 1 amide bonds.